The van der Waals surface area contributed by atoms with Gasteiger partial charge in [0.05, 0.1) is 10.5 Å². The van der Waals surface area contributed by atoms with Crippen molar-refractivity contribution in [1.29, 1.82) is 0 Å². The minimum Gasteiger partial charge on any atom is -0.457 e. The van der Waals surface area contributed by atoms with E-state index in [0.717, 1.165) is 17.0 Å². The molecule has 32 heavy (non-hydrogen) atoms. The van der Waals surface area contributed by atoms with Gasteiger partial charge >= 0.3 is 0 Å². The van der Waals surface area contributed by atoms with E-state index in [1.165, 1.54) is 30.3 Å². The second kappa shape index (κ2) is 8.97. The average molecular weight is 475 g/mol. The third kappa shape index (κ3) is 4.74. The lowest BCUT2D eigenvalue weighted by Gasteiger charge is -2.12. The summed E-state index contributed by atoms with van der Waals surface area (Å²) < 4.78 is 32.6. The highest BCUT2D eigenvalue weighted by atomic mass is 35.5. The van der Waals surface area contributed by atoms with E-state index in [2.05, 4.69) is 5.32 Å². The third-order valence-electron chi connectivity index (χ3n) is 4.38. The summed E-state index contributed by atoms with van der Waals surface area (Å²) in [5.74, 6) is -2.41. The Hall–Kier alpha value is -3.43. The molecule has 0 atom stereocenters. The molecule has 0 bridgehead atoms. The molecule has 4 rings (SSSR count). The van der Waals surface area contributed by atoms with E-state index in [0.29, 0.717) is 22.5 Å². The number of thioether (sulfide) groups is 1. The molecule has 0 aliphatic carbocycles. The van der Waals surface area contributed by atoms with Crippen LogP contribution in [0, 0.1) is 11.6 Å². The Kier molecular flexibility index (Phi) is 6.11. The van der Waals surface area contributed by atoms with Crippen molar-refractivity contribution >= 4 is 52.2 Å². The van der Waals surface area contributed by atoms with E-state index < -0.39 is 35.2 Å². The average Bonchev–Trinajstić information content (AvgIpc) is 3.28. The molecule has 1 saturated heterocycles. The number of benzene rings is 2. The number of hydrogen-bond donors (Lipinski definition) is 1. The second-order valence-corrected chi connectivity index (χ2v) is 8.08. The fourth-order valence-electron chi connectivity index (χ4n) is 2.94. The van der Waals surface area contributed by atoms with Gasteiger partial charge in [0.1, 0.15) is 29.7 Å². The minimum absolute atomic E-state index is 0.0473. The molecule has 6 nitrogen and oxygen atoms in total. The van der Waals surface area contributed by atoms with E-state index in [1.807, 2.05) is 0 Å². The number of carbonyl (C=O) groups excluding carboxylic acids is 3. The number of imide groups is 1. The van der Waals surface area contributed by atoms with Gasteiger partial charge in [0.25, 0.3) is 11.1 Å². The summed E-state index contributed by atoms with van der Waals surface area (Å²) in [5, 5.41) is 2.38. The Morgan fingerprint density at radius 3 is 2.69 bits per heavy atom. The number of furan rings is 1. The van der Waals surface area contributed by atoms with E-state index in [4.69, 9.17) is 16.0 Å². The first-order chi connectivity index (χ1) is 15.3. The van der Waals surface area contributed by atoms with Crippen molar-refractivity contribution in [3.05, 3.63) is 81.9 Å². The van der Waals surface area contributed by atoms with Gasteiger partial charge in [-0.3, -0.25) is 19.3 Å². The molecule has 1 aromatic heterocycles. The van der Waals surface area contributed by atoms with Crippen LogP contribution in [0.3, 0.4) is 0 Å². The normalized spacial score (nSPS) is 15.0. The van der Waals surface area contributed by atoms with Crippen LogP contribution in [-0.2, 0) is 9.59 Å². The molecular formula is C22H13ClF2N2O4S. The van der Waals surface area contributed by atoms with Gasteiger partial charge in [-0.25, -0.2) is 8.78 Å². The van der Waals surface area contributed by atoms with Gasteiger partial charge < -0.3 is 9.73 Å². The van der Waals surface area contributed by atoms with Gasteiger partial charge in [0.15, 0.2) is 0 Å². The van der Waals surface area contributed by atoms with Crippen LogP contribution in [0.2, 0.25) is 5.02 Å². The smallest absolute Gasteiger partial charge is 0.294 e. The minimum atomic E-state index is -0.795. The molecule has 0 radical (unpaired) electrons. The van der Waals surface area contributed by atoms with Crippen LogP contribution >= 0.6 is 23.4 Å². The molecule has 3 aromatic rings. The molecule has 1 fully saturated rings. The van der Waals surface area contributed by atoms with Crippen LogP contribution in [0.1, 0.15) is 5.76 Å². The number of halogens is 3. The van der Waals surface area contributed by atoms with E-state index in [-0.39, 0.29) is 22.0 Å². The molecule has 10 heteroatoms. The van der Waals surface area contributed by atoms with Crippen LogP contribution in [0.4, 0.5) is 19.3 Å². The summed E-state index contributed by atoms with van der Waals surface area (Å²) in [4.78, 5) is 37.9. The summed E-state index contributed by atoms with van der Waals surface area (Å²) in [6.45, 7) is -0.473. The first kappa shape index (κ1) is 21.8. The predicted molar refractivity (Wildman–Crippen MR) is 117 cm³/mol. The molecule has 1 aliphatic rings. The number of nitrogens with zero attached hydrogens (tertiary/aromatic N) is 1. The molecule has 1 aliphatic heterocycles. The zero-order chi connectivity index (χ0) is 22.8. The highest BCUT2D eigenvalue weighted by Crippen LogP contribution is 2.33. The lowest BCUT2D eigenvalue weighted by molar-refractivity contribution is -0.127. The number of carbonyl (C=O) groups is 3. The Labute approximate surface area is 189 Å². The standard InChI is InChI=1S/C22H13ClF2N2O4S/c23-12-2-1-3-14(8-12)26-20(28)11-27-21(29)19(32-22(27)30)10-15-5-7-18(31-15)16-6-4-13(24)9-17(16)25/h1-10H,11H2,(H,26,28)/b19-10+. The van der Waals surface area contributed by atoms with Crippen molar-refractivity contribution in [2.75, 3.05) is 11.9 Å². The van der Waals surface area contributed by atoms with Crippen LogP contribution in [-0.4, -0.2) is 28.5 Å². The Balaban J connectivity index is 1.46. The SMILES string of the molecule is O=C(CN1C(=O)S/C(=C/c2ccc(-c3ccc(F)cc3F)o2)C1=O)Nc1cccc(Cl)c1. The van der Waals surface area contributed by atoms with Crippen LogP contribution in [0.25, 0.3) is 17.4 Å². The zero-order valence-corrected chi connectivity index (χ0v) is 17.7. The summed E-state index contributed by atoms with van der Waals surface area (Å²) >= 11 is 6.52. The topological polar surface area (TPSA) is 79.6 Å². The van der Waals surface area contributed by atoms with Gasteiger partial charge in [-0.15, -0.1) is 0 Å². The van der Waals surface area contributed by atoms with Crippen molar-refractivity contribution in [3.8, 4) is 11.3 Å². The van der Waals surface area contributed by atoms with Gasteiger partial charge in [-0.05, 0) is 54.2 Å². The molecule has 0 spiro atoms. The highest BCUT2D eigenvalue weighted by Gasteiger charge is 2.36. The number of hydrogen-bond acceptors (Lipinski definition) is 5. The maximum atomic E-state index is 13.9. The van der Waals surface area contributed by atoms with Crippen molar-refractivity contribution in [2.24, 2.45) is 0 Å². The van der Waals surface area contributed by atoms with Crippen LogP contribution in [0.15, 0.2) is 63.9 Å². The van der Waals surface area contributed by atoms with Gasteiger partial charge in [-0.2, -0.15) is 0 Å². The first-order valence-electron chi connectivity index (χ1n) is 9.16. The fourth-order valence-corrected chi connectivity index (χ4v) is 3.95. The largest absolute Gasteiger partial charge is 0.457 e. The molecular weight excluding hydrogens is 462 g/mol. The molecule has 162 valence electrons. The summed E-state index contributed by atoms with van der Waals surface area (Å²) in [7, 11) is 0. The van der Waals surface area contributed by atoms with Crippen molar-refractivity contribution < 1.29 is 27.6 Å². The van der Waals surface area contributed by atoms with E-state index >= 15 is 0 Å². The quantitative estimate of drug-likeness (QED) is 0.490. The Morgan fingerprint density at radius 1 is 1.12 bits per heavy atom. The molecule has 1 N–H and O–H groups in total. The molecule has 0 saturated carbocycles. The maximum absolute atomic E-state index is 13.9. The Morgan fingerprint density at radius 2 is 1.94 bits per heavy atom. The summed E-state index contributed by atoms with van der Waals surface area (Å²) in [6.07, 6.45) is 1.32. The first-order valence-corrected chi connectivity index (χ1v) is 10.4. The molecule has 2 aromatic carbocycles. The van der Waals surface area contributed by atoms with E-state index in [1.54, 1.807) is 18.2 Å². The van der Waals surface area contributed by atoms with Crippen LogP contribution < -0.4 is 5.32 Å². The highest BCUT2D eigenvalue weighted by molar-refractivity contribution is 8.18. The zero-order valence-electron chi connectivity index (χ0n) is 16.1. The maximum Gasteiger partial charge on any atom is 0.294 e. The Bertz CT molecular complexity index is 1270. The van der Waals surface area contributed by atoms with Gasteiger partial charge in [-0.1, -0.05) is 17.7 Å². The number of nitrogens with one attached hydrogen (secondary N) is 1. The number of amides is 3. The molecule has 2 heterocycles. The fraction of sp³-hybridized carbons (Fsp3) is 0.0455. The van der Waals surface area contributed by atoms with Gasteiger partial charge in [0, 0.05) is 22.9 Å². The van der Waals surface area contributed by atoms with Gasteiger partial charge in [0.2, 0.25) is 5.91 Å². The van der Waals surface area contributed by atoms with Crippen molar-refractivity contribution in [1.82, 2.24) is 4.90 Å². The second-order valence-electron chi connectivity index (χ2n) is 6.65. The molecule has 0 unspecified atom stereocenters. The summed E-state index contributed by atoms with van der Waals surface area (Å²) in [6, 6.07) is 12.5. The lowest BCUT2D eigenvalue weighted by atomic mass is 10.1. The monoisotopic (exact) mass is 474 g/mol. The molecule has 3 amide bonds. The van der Waals surface area contributed by atoms with Crippen LogP contribution in [0.5, 0.6) is 0 Å². The lowest BCUT2D eigenvalue weighted by Crippen LogP contribution is -2.36. The predicted octanol–water partition coefficient (Wildman–Crippen LogP) is 5.55. The van der Waals surface area contributed by atoms with Crippen molar-refractivity contribution in [3.63, 3.8) is 0 Å². The van der Waals surface area contributed by atoms with E-state index in [9.17, 15) is 23.2 Å². The van der Waals surface area contributed by atoms with Crippen molar-refractivity contribution in [2.45, 2.75) is 0 Å². The summed E-state index contributed by atoms with van der Waals surface area (Å²) in [5.41, 5.74) is 0.484. The number of rotatable bonds is 5. The third-order valence-corrected chi connectivity index (χ3v) is 5.52. The number of anilines is 1.